The summed E-state index contributed by atoms with van der Waals surface area (Å²) in [5.74, 6) is -1.41. The number of hydrogen-bond donors (Lipinski definition) is 1. The van der Waals surface area contributed by atoms with Crippen LogP contribution in [-0.4, -0.2) is 23.4 Å². The Morgan fingerprint density at radius 2 is 1.94 bits per heavy atom. The first-order valence-corrected chi connectivity index (χ1v) is 5.65. The number of benzene rings is 1. The molecule has 0 fully saturated rings. The van der Waals surface area contributed by atoms with Crippen LogP contribution in [0.15, 0.2) is 18.2 Å². The number of rotatable bonds is 3. The first kappa shape index (κ1) is 14.6. The molecule has 1 unspecified atom stereocenters. The third-order valence-corrected chi connectivity index (χ3v) is 2.86. The first-order chi connectivity index (χ1) is 8.14. The van der Waals surface area contributed by atoms with Gasteiger partial charge in [-0.25, -0.2) is 8.78 Å². The average molecular weight is 256 g/mol. The molecule has 0 bridgehead atoms. The van der Waals surface area contributed by atoms with Gasteiger partial charge in [0.05, 0.1) is 11.6 Å². The molecule has 0 saturated carbocycles. The number of nitrogens with two attached hydrogens (primary N) is 1. The van der Waals surface area contributed by atoms with Crippen LogP contribution in [0.5, 0.6) is 0 Å². The van der Waals surface area contributed by atoms with E-state index in [2.05, 4.69) is 0 Å². The van der Waals surface area contributed by atoms with Crippen LogP contribution in [-0.2, 0) is 4.79 Å². The Bertz CT molecular complexity index is 455. The third kappa shape index (κ3) is 3.04. The van der Waals surface area contributed by atoms with Gasteiger partial charge in [0.1, 0.15) is 11.6 Å². The molecule has 0 spiro atoms. The molecule has 5 heteroatoms. The molecule has 0 heterocycles. The zero-order chi connectivity index (χ0) is 14.1. The van der Waals surface area contributed by atoms with Crippen molar-refractivity contribution in [2.45, 2.75) is 32.4 Å². The van der Waals surface area contributed by atoms with E-state index in [1.54, 1.807) is 20.8 Å². The smallest absolute Gasteiger partial charge is 0.242 e. The van der Waals surface area contributed by atoms with Crippen molar-refractivity contribution in [3.8, 4) is 0 Å². The van der Waals surface area contributed by atoms with Crippen molar-refractivity contribution in [1.29, 1.82) is 0 Å². The summed E-state index contributed by atoms with van der Waals surface area (Å²) in [4.78, 5) is 13.3. The minimum atomic E-state index is -1.05. The van der Waals surface area contributed by atoms with Gasteiger partial charge in [-0.3, -0.25) is 4.79 Å². The van der Waals surface area contributed by atoms with Gasteiger partial charge in [0.25, 0.3) is 0 Å². The van der Waals surface area contributed by atoms with Crippen LogP contribution >= 0.6 is 0 Å². The molecule has 1 rings (SSSR count). The molecule has 3 nitrogen and oxygen atoms in total. The summed E-state index contributed by atoms with van der Waals surface area (Å²) in [6.07, 6.45) is 0. The summed E-state index contributed by atoms with van der Waals surface area (Å²) in [5, 5.41) is 0. The largest absolute Gasteiger partial charge is 0.337 e. The number of halogens is 2. The quantitative estimate of drug-likeness (QED) is 0.901. The maximum atomic E-state index is 13.6. The lowest BCUT2D eigenvalue weighted by Gasteiger charge is -2.31. The van der Waals surface area contributed by atoms with Crippen LogP contribution in [0.1, 0.15) is 32.4 Å². The lowest BCUT2D eigenvalue weighted by atomic mass is 10.0. The molecule has 1 amide bonds. The van der Waals surface area contributed by atoms with E-state index >= 15 is 0 Å². The van der Waals surface area contributed by atoms with E-state index in [0.717, 1.165) is 18.2 Å². The Hall–Kier alpha value is -1.49. The van der Waals surface area contributed by atoms with E-state index in [1.807, 2.05) is 0 Å². The van der Waals surface area contributed by atoms with Crippen LogP contribution in [0.3, 0.4) is 0 Å². The highest BCUT2D eigenvalue weighted by Crippen LogP contribution is 2.24. The zero-order valence-corrected chi connectivity index (χ0v) is 11.0. The Morgan fingerprint density at radius 1 is 1.39 bits per heavy atom. The van der Waals surface area contributed by atoms with Crippen molar-refractivity contribution >= 4 is 5.91 Å². The molecule has 0 radical (unpaired) electrons. The number of likely N-dealkylation sites (N-methyl/N-ethyl adjacent to an activating group) is 1. The van der Waals surface area contributed by atoms with Crippen LogP contribution < -0.4 is 5.73 Å². The summed E-state index contributed by atoms with van der Waals surface area (Å²) in [6, 6.07) is 2.59. The highest BCUT2D eigenvalue weighted by atomic mass is 19.1. The summed E-state index contributed by atoms with van der Waals surface area (Å²) in [6.45, 7) is 4.77. The highest BCUT2D eigenvalue weighted by Gasteiger charge is 2.29. The van der Waals surface area contributed by atoms with Gasteiger partial charge in [-0.2, -0.15) is 0 Å². The van der Waals surface area contributed by atoms with Gasteiger partial charge in [0.2, 0.25) is 5.91 Å². The fraction of sp³-hybridized carbons (Fsp3) is 0.462. The Labute approximate surface area is 106 Å². The van der Waals surface area contributed by atoms with E-state index in [-0.39, 0.29) is 11.5 Å². The lowest BCUT2D eigenvalue weighted by Crippen LogP contribution is -2.50. The molecule has 2 N–H and O–H groups in total. The van der Waals surface area contributed by atoms with E-state index in [4.69, 9.17) is 5.73 Å². The minimum Gasteiger partial charge on any atom is -0.337 e. The molecule has 0 aliphatic rings. The summed E-state index contributed by atoms with van der Waals surface area (Å²) >= 11 is 0. The fourth-order valence-electron chi connectivity index (χ4n) is 1.67. The van der Waals surface area contributed by atoms with Crippen molar-refractivity contribution in [1.82, 2.24) is 4.90 Å². The summed E-state index contributed by atoms with van der Waals surface area (Å²) in [5.41, 5.74) is 4.79. The molecular formula is C13H18F2N2O. The molecular weight excluding hydrogens is 238 g/mol. The molecule has 1 aromatic rings. The molecule has 1 atom stereocenters. The number of carbonyl (C=O) groups is 1. The molecule has 100 valence electrons. The van der Waals surface area contributed by atoms with Crippen molar-refractivity contribution in [3.05, 3.63) is 35.4 Å². The van der Waals surface area contributed by atoms with Gasteiger partial charge in [-0.05, 0) is 39.0 Å². The zero-order valence-electron chi connectivity index (χ0n) is 11.0. The molecule has 0 aliphatic heterocycles. The minimum absolute atomic E-state index is 0.134. The number of hydrogen-bond acceptors (Lipinski definition) is 2. The van der Waals surface area contributed by atoms with Crippen molar-refractivity contribution in [3.63, 3.8) is 0 Å². The van der Waals surface area contributed by atoms with Crippen LogP contribution in [0.4, 0.5) is 8.78 Å². The first-order valence-electron chi connectivity index (χ1n) is 5.65. The maximum absolute atomic E-state index is 13.6. The lowest BCUT2D eigenvalue weighted by molar-refractivity contribution is -0.136. The molecule has 18 heavy (non-hydrogen) atoms. The second-order valence-electron chi connectivity index (χ2n) is 4.98. The SMILES string of the molecule is CC(c1cc(F)ccc1F)N(C)C(=O)C(C)(C)N. The normalized spacial score (nSPS) is 13.3. The predicted octanol–water partition coefficient (Wildman–Crippen LogP) is 2.22. The maximum Gasteiger partial charge on any atom is 0.242 e. The Kier molecular flexibility index (Phi) is 4.06. The molecule has 1 aromatic carbocycles. The third-order valence-electron chi connectivity index (χ3n) is 2.86. The van der Waals surface area contributed by atoms with Crippen LogP contribution in [0, 0.1) is 11.6 Å². The number of carbonyl (C=O) groups excluding carboxylic acids is 1. The van der Waals surface area contributed by atoms with Crippen molar-refractivity contribution < 1.29 is 13.6 Å². The fourth-order valence-corrected chi connectivity index (χ4v) is 1.67. The van der Waals surface area contributed by atoms with E-state index < -0.39 is 23.2 Å². The van der Waals surface area contributed by atoms with Gasteiger partial charge in [-0.1, -0.05) is 0 Å². The highest BCUT2D eigenvalue weighted by molar-refractivity contribution is 5.85. The van der Waals surface area contributed by atoms with E-state index in [0.29, 0.717) is 0 Å². The van der Waals surface area contributed by atoms with Crippen molar-refractivity contribution in [2.24, 2.45) is 5.73 Å². The summed E-state index contributed by atoms with van der Waals surface area (Å²) < 4.78 is 26.7. The average Bonchev–Trinajstić information content (AvgIpc) is 2.28. The number of amides is 1. The van der Waals surface area contributed by atoms with Gasteiger partial charge < -0.3 is 10.6 Å². The van der Waals surface area contributed by atoms with Gasteiger partial charge in [0.15, 0.2) is 0 Å². The molecule has 0 saturated heterocycles. The number of nitrogens with zero attached hydrogens (tertiary/aromatic N) is 1. The van der Waals surface area contributed by atoms with E-state index in [1.165, 1.54) is 11.9 Å². The van der Waals surface area contributed by atoms with Crippen molar-refractivity contribution in [2.75, 3.05) is 7.05 Å². The second-order valence-corrected chi connectivity index (χ2v) is 4.98. The van der Waals surface area contributed by atoms with E-state index in [9.17, 15) is 13.6 Å². The van der Waals surface area contributed by atoms with Gasteiger partial charge in [0, 0.05) is 12.6 Å². The molecule has 0 aromatic heterocycles. The molecule has 0 aliphatic carbocycles. The van der Waals surface area contributed by atoms with Gasteiger partial charge in [-0.15, -0.1) is 0 Å². The standard InChI is InChI=1S/C13H18F2N2O/c1-8(17(4)12(18)13(2,3)16)10-7-9(14)5-6-11(10)15/h5-8H,16H2,1-4H3. The summed E-state index contributed by atoms with van der Waals surface area (Å²) in [7, 11) is 1.52. The second kappa shape index (κ2) is 5.02. The Balaban J connectivity index is 3.03. The van der Waals surface area contributed by atoms with Crippen LogP contribution in [0.25, 0.3) is 0 Å². The monoisotopic (exact) mass is 256 g/mol. The van der Waals surface area contributed by atoms with Crippen LogP contribution in [0.2, 0.25) is 0 Å². The Morgan fingerprint density at radius 3 is 2.44 bits per heavy atom. The van der Waals surface area contributed by atoms with Gasteiger partial charge >= 0.3 is 0 Å². The topological polar surface area (TPSA) is 46.3 Å². The predicted molar refractivity (Wildman–Crippen MR) is 65.8 cm³/mol.